The van der Waals surface area contributed by atoms with Crippen LogP contribution < -0.4 is 11.1 Å². The fourth-order valence-electron chi connectivity index (χ4n) is 1.73. The average Bonchev–Trinajstić information content (AvgIpc) is 2.71. The Morgan fingerprint density at radius 2 is 2.17 bits per heavy atom. The van der Waals surface area contributed by atoms with Crippen LogP contribution in [0.5, 0.6) is 0 Å². The van der Waals surface area contributed by atoms with E-state index in [1.165, 1.54) is 12.1 Å². The summed E-state index contributed by atoms with van der Waals surface area (Å²) in [5.74, 6) is 1.13. The zero-order valence-electron chi connectivity index (χ0n) is 9.91. The molecule has 0 saturated heterocycles. The Hall–Kier alpha value is -1.52. The third-order valence-corrected chi connectivity index (χ3v) is 2.76. The third-order valence-electron chi connectivity index (χ3n) is 2.54. The smallest absolute Gasteiger partial charge is 0.127 e. The summed E-state index contributed by atoms with van der Waals surface area (Å²) in [5.41, 5.74) is 6.26. The fourth-order valence-corrected chi connectivity index (χ4v) is 1.95. The van der Waals surface area contributed by atoms with Gasteiger partial charge in [-0.25, -0.2) is 4.39 Å². The summed E-state index contributed by atoms with van der Waals surface area (Å²) in [4.78, 5) is 0. The second-order valence-corrected chi connectivity index (χ2v) is 4.48. The van der Waals surface area contributed by atoms with Crippen molar-refractivity contribution in [2.45, 2.75) is 13.0 Å². The predicted octanol–water partition coefficient (Wildman–Crippen LogP) is 3.49. The second kappa shape index (κ2) is 5.42. The van der Waals surface area contributed by atoms with Crippen molar-refractivity contribution in [3.63, 3.8) is 0 Å². The zero-order valence-corrected chi connectivity index (χ0v) is 10.7. The number of aryl methyl sites for hydroxylation is 1. The van der Waals surface area contributed by atoms with Gasteiger partial charge in [-0.05, 0) is 37.3 Å². The molecule has 3 nitrogen and oxygen atoms in total. The highest BCUT2D eigenvalue weighted by Gasteiger charge is 2.13. The minimum absolute atomic E-state index is 0.212. The molecule has 1 atom stereocenters. The normalized spacial score (nSPS) is 12.4. The van der Waals surface area contributed by atoms with Gasteiger partial charge in [0.25, 0.3) is 0 Å². The molecule has 0 amide bonds. The van der Waals surface area contributed by atoms with Crippen LogP contribution in [0.4, 0.5) is 10.1 Å². The molecular formula is C13H14ClFN2O. The quantitative estimate of drug-likeness (QED) is 0.892. The standard InChI is InChI=1S/C13H14ClFN2O/c1-8-2-3-13(18-8)12(7-16)17-11-5-9(14)4-10(15)6-11/h2-6,12,17H,7,16H2,1H3. The number of hydrogen-bond acceptors (Lipinski definition) is 3. The number of hydrogen-bond donors (Lipinski definition) is 2. The average molecular weight is 269 g/mol. The van der Waals surface area contributed by atoms with Gasteiger partial charge < -0.3 is 15.5 Å². The molecule has 3 N–H and O–H groups in total. The third kappa shape index (κ3) is 3.03. The van der Waals surface area contributed by atoms with Crippen LogP contribution in [-0.4, -0.2) is 6.54 Å². The van der Waals surface area contributed by atoms with E-state index in [-0.39, 0.29) is 6.04 Å². The lowest BCUT2D eigenvalue weighted by Gasteiger charge is -2.16. The molecule has 18 heavy (non-hydrogen) atoms. The molecule has 0 saturated carbocycles. The number of anilines is 1. The molecular weight excluding hydrogens is 255 g/mol. The maximum Gasteiger partial charge on any atom is 0.127 e. The van der Waals surface area contributed by atoms with E-state index >= 15 is 0 Å². The Kier molecular flexibility index (Phi) is 3.89. The molecule has 1 unspecified atom stereocenters. The molecule has 1 heterocycles. The predicted molar refractivity (Wildman–Crippen MR) is 70.3 cm³/mol. The van der Waals surface area contributed by atoms with Crippen molar-refractivity contribution in [1.82, 2.24) is 0 Å². The van der Waals surface area contributed by atoms with Gasteiger partial charge in [0, 0.05) is 17.3 Å². The number of rotatable bonds is 4. The van der Waals surface area contributed by atoms with E-state index in [9.17, 15) is 4.39 Å². The highest BCUT2D eigenvalue weighted by atomic mass is 35.5. The summed E-state index contributed by atoms with van der Waals surface area (Å²) in [5, 5.41) is 3.43. The largest absolute Gasteiger partial charge is 0.464 e. The zero-order chi connectivity index (χ0) is 13.1. The molecule has 2 rings (SSSR count). The number of halogens is 2. The van der Waals surface area contributed by atoms with Crippen LogP contribution >= 0.6 is 11.6 Å². The molecule has 1 aromatic heterocycles. The van der Waals surface area contributed by atoms with Gasteiger partial charge in [-0.2, -0.15) is 0 Å². The monoisotopic (exact) mass is 268 g/mol. The molecule has 0 fully saturated rings. The first-order valence-corrected chi connectivity index (χ1v) is 5.95. The molecule has 0 aliphatic rings. The highest BCUT2D eigenvalue weighted by molar-refractivity contribution is 6.30. The molecule has 2 aromatic rings. The summed E-state index contributed by atoms with van der Waals surface area (Å²) in [6, 6.07) is 7.75. The molecule has 5 heteroatoms. The molecule has 0 aliphatic heterocycles. The van der Waals surface area contributed by atoms with Crippen molar-refractivity contribution in [2.75, 3.05) is 11.9 Å². The van der Waals surface area contributed by atoms with Crippen molar-refractivity contribution in [3.8, 4) is 0 Å². The molecule has 96 valence electrons. The van der Waals surface area contributed by atoms with Gasteiger partial charge in [-0.15, -0.1) is 0 Å². The van der Waals surface area contributed by atoms with E-state index in [0.717, 1.165) is 11.5 Å². The van der Waals surface area contributed by atoms with E-state index in [1.807, 2.05) is 19.1 Å². The van der Waals surface area contributed by atoms with Gasteiger partial charge in [0.2, 0.25) is 0 Å². The van der Waals surface area contributed by atoms with Crippen molar-refractivity contribution < 1.29 is 8.81 Å². The SMILES string of the molecule is Cc1ccc(C(CN)Nc2cc(F)cc(Cl)c2)o1. The number of nitrogens with two attached hydrogens (primary N) is 1. The van der Waals surface area contributed by atoms with Crippen LogP contribution in [0.1, 0.15) is 17.6 Å². The molecule has 0 radical (unpaired) electrons. The molecule has 0 aliphatic carbocycles. The lowest BCUT2D eigenvalue weighted by molar-refractivity contribution is 0.459. The van der Waals surface area contributed by atoms with E-state index in [4.69, 9.17) is 21.8 Å². The lowest BCUT2D eigenvalue weighted by Crippen LogP contribution is -2.20. The topological polar surface area (TPSA) is 51.2 Å². The summed E-state index contributed by atoms with van der Waals surface area (Å²) in [6.07, 6.45) is 0. The van der Waals surface area contributed by atoms with Crippen LogP contribution in [0, 0.1) is 12.7 Å². The van der Waals surface area contributed by atoms with Crippen LogP contribution in [0.2, 0.25) is 5.02 Å². The van der Waals surface area contributed by atoms with Gasteiger partial charge in [0.05, 0.1) is 6.04 Å². The maximum absolute atomic E-state index is 13.2. The summed E-state index contributed by atoms with van der Waals surface area (Å²) >= 11 is 5.79. The number of benzene rings is 1. The number of furan rings is 1. The van der Waals surface area contributed by atoms with Crippen molar-refractivity contribution in [2.24, 2.45) is 5.73 Å². The Bertz CT molecular complexity index is 521. The van der Waals surface area contributed by atoms with Crippen molar-refractivity contribution in [3.05, 3.63) is 52.7 Å². The fraction of sp³-hybridized carbons (Fsp3) is 0.231. The van der Waals surface area contributed by atoms with Crippen LogP contribution in [0.25, 0.3) is 0 Å². The Labute approximate surface area is 110 Å². The maximum atomic E-state index is 13.2. The summed E-state index contributed by atoms with van der Waals surface area (Å²) < 4.78 is 18.7. The molecule has 0 spiro atoms. The van der Waals surface area contributed by atoms with Gasteiger partial charge in [0.1, 0.15) is 17.3 Å². The lowest BCUT2D eigenvalue weighted by atomic mass is 10.2. The van der Waals surface area contributed by atoms with Crippen molar-refractivity contribution >= 4 is 17.3 Å². The minimum atomic E-state index is -0.392. The van der Waals surface area contributed by atoms with E-state index < -0.39 is 5.82 Å². The van der Waals surface area contributed by atoms with Crippen LogP contribution in [-0.2, 0) is 0 Å². The van der Waals surface area contributed by atoms with E-state index in [2.05, 4.69) is 5.32 Å². The van der Waals surface area contributed by atoms with Gasteiger partial charge in [0.15, 0.2) is 0 Å². The van der Waals surface area contributed by atoms with Crippen LogP contribution in [0.15, 0.2) is 34.7 Å². The van der Waals surface area contributed by atoms with Crippen LogP contribution in [0.3, 0.4) is 0 Å². The Balaban J connectivity index is 2.20. The second-order valence-electron chi connectivity index (χ2n) is 4.04. The molecule has 1 aromatic carbocycles. The first-order valence-electron chi connectivity index (χ1n) is 5.57. The van der Waals surface area contributed by atoms with Crippen molar-refractivity contribution in [1.29, 1.82) is 0 Å². The van der Waals surface area contributed by atoms with Gasteiger partial charge >= 0.3 is 0 Å². The van der Waals surface area contributed by atoms with Gasteiger partial charge in [-0.3, -0.25) is 0 Å². The first-order chi connectivity index (χ1) is 8.58. The highest BCUT2D eigenvalue weighted by Crippen LogP contribution is 2.24. The summed E-state index contributed by atoms with van der Waals surface area (Å²) in [7, 11) is 0. The van der Waals surface area contributed by atoms with Gasteiger partial charge in [-0.1, -0.05) is 11.6 Å². The number of nitrogens with one attached hydrogen (secondary N) is 1. The molecule has 0 bridgehead atoms. The Morgan fingerprint density at radius 1 is 1.39 bits per heavy atom. The Morgan fingerprint density at radius 3 is 2.72 bits per heavy atom. The first kappa shape index (κ1) is 12.9. The minimum Gasteiger partial charge on any atom is -0.464 e. The van der Waals surface area contributed by atoms with E-state index in [1.54, 1.807) is 6.07 Å². The van der Waals surface area contributed by atoms with E-state index in [0.29, 0.717) is 17.3 Å². The summed E-state index contributed by atoms with van der Waals surface area (Å²) in [6.45, 7) is 2.19.